The van der Waals surface area contributed by atoms with Gasteiger partial charge in [0.05, 0.1) is 0 Å². The monoisotopic (exact) mass is 369 g/mol. The van der Waals surface area contributed by atoms with E-state index in [1.165, 1.54) is 23.2 Å². The van der Waals surface area contributed by atoms with E-state index in [4.69, 9.17) is 16.0 Å². The van der Waals surface area contributed by atoms with E-state index in [9.17, 15) is 14.4 Å². The summed E-state index contributed by atoms with van der Waals surface area (Å²) >= 11 is 2.39. The van der Waals surface area contributed by atoms with E-state index in [0.717, 1.165) is 16.2 Å². The number of thiazole rings is 1. The lowest BCUT2D eigenvalue weighted by Crippen LogP contribution is -2.70. The summed E-state index contributed by atoms with van der Waals surface area (Å²) in [6, 6.07) is -0.904. The van der Waals surface area contributed by atoms with Crippen LogP contribution < -0.4 is 11.1 Å². The maximum atomic E-state index is 12.2. The molecular formula is C12H11N5O5S2. The second-order valence-electron chi connectivity index (χ2n) is 4.80. The first kappa shape index (κ1) is 16.3. The first-order valence-corrected chi connectivity index (χ1v) is 8.49. The standard InChI is InChI=1S/C12H11N5O5S2/c13-12-14-4(3-24-12)6(16-22)8(18)15-7-9(19)17-5(11(20)21)1-2-23-10(7)17/h1,3,7,10,22H,2H2,(H2,13,14)(H,15,18)(H,20,21)/b16-6-. The molecule has 3 rings (SSSR count). The third-order valence-corrected chi connectivity index (χ3v) is 5.29. The van der Waals surface area contributed by atoms with E-state index >= 15 is 0 Å². The molecule has 3 heterocycles. The molecule has 1 saturated heterocycles. The van der Waals surface area contributed by atoms with Gasteiger partial charge in [0.1, 0.15) is 22.8 Å². The van der Waals surface area contributed by atoms with Crippen LogP contribution >= 0.6 is 23.1 Å². The zero-order chi connectivity index (χ0) is 17.4. The van der Waals surface area contributed by atoms with Gasteiger partial charge in [0.15, 0.2) is 10.8 Å². The Morgan fingerprint density at radius 2 is 2.25 bits per heavy atom. The van der Waals surface area contributed by atoms with Crippen molar-refractivity contribution < 1.29 is 24.7 Å². The molecule has 2 unspecified atom stereocenters. The fourth-order valence-electron chi connectivity index (χ4n) is 2.36. The van der Waals surface area contributed by atoms with Crippen LogP contribution in [0.4, 0.5) is 5.13 Å². The summed E-state index contributed by atoms with van der Waals surface area (Å²) in [6.45, 7) is 0. The molecule has 0 bridgehead atoms. The van der Waals surface area contributed by atoms with Crippen molar-refractivity contribution in [3.63, 3.8) is 0 Å². The number of carbonyl (C=O) groups is 3. The minimum atomic E-state index is -1.20. The summed E-state index contributed by atoms with van der Waals surface area (Å²) in [5.41, 5.74) is 5.09. The third kappa shape index (κ3) is 2.59. The van der Waals surface area contributed by atoms with Crippen molar-refractivity contribution in [2.24, 2.45) is 5.16 Å². The van der Waals surface area contributed by atoms with Crippen LogP contribution in [0.1, 0.15) is 5.69 Å². The quantitative estimate of drug-likeness (QED) is 0.234. The number of hydrogen-bond acceptors (Lipinski definition) is 9. The van der Waals surface area contributed by atoms with Gasteiger partial charge in [-0.3, -0.25) is 14.5 Å². The summed E-state index contributed by atoms with van der Waals surface area (Å²) in [7, 11) is 0. The highest BCUT2D eigenvalue weighted by Gasteiger charge is 2.53. The minimum Gasteiger partial charge on any atom is -0.477 e. The Morgan fingerprint density at radius 1 is 1.50 bits per heavy atom. The molecule has 10 nitrogen and oxygen atoms in total. The number of aliphatic carboxylic acids is 1. The lowest BCUT2D eigenvalue weighted by atomic mass is 10.0. The van der Waals surface area contributed by atoms with Crippen molar-refractivity contribution in [3.05, 3.63) is 22.8 Å². The van der Waals surface area contributed by atoms with E-state index in [1.54, 1.807) is 0 Å². The third-order valence-electron chi connectivity index (χ3n) is 3.43. The number of fused-ring (bicyclic) bond motifs is 1. The molecule has 126 valence electrons. The number of carbonyl (C=O) groups excluding carboxylic acids is 2. The number of carboxylic acids is 1. The molecular weight excluding hydrogens is 358 g/mol. The molecule has 0 spiro atoms. The van der Waals surface area contributed by atoms with Gasteiger partial charge in [-0.15, -0.1) is 23.1 Å². The molecule has 24 heavy (non-hydrogen) atoms. The van der Waals surface area contributed by atoms with Gasteiger partial charge in [0.25, 0.3) is 11.8 Å². The van der Waals surface area contributed by atoms with Crippen molar-refractivity contribution >= 4 is 51.7 Å². The van der Waals surface area contributed by atoms with E-state index in [2.05, 4.69) is 15.5 Å². The van der Waals surface area contributed by atoms with Crippen molar-refractivity contribution in [2.45, 2.75) is 11.4 Å². The number of thioether (sulfide) groups is 1. The van der Waals surface area contributed by atoms with Crippen LogP contribution in [0.5, 0.6) is 0 Å². The van der Waals surface area contributed by atoms with Crippen LogP contribution in [0, 0.1) is 0 Å². The smallest absolute Gasteiger partial charge is 0.352 e. The van der Waals surface area contributed by atoms with Gasteiger partial charge in [-0.2, -0.15) is 0 Å². The molecule has 1 aromatic heterocycles. The number of hydrogen-bond donors (Lipinski definition) is 4. The molecule has 2 aliphatic rings. The van der Waals surface area contributed by atoms with Crippen molar-refractivity contribution in [1.29, 1.82) is 0 Å². The summed E-state index contributed by atoms with van der Waals surface area (Å²) in [6.07, 6.45) is 1.44. The molecule has 0 aliphatic carbocycles. The van der Waals surface area contributed by atoms with E-state index in [0.29, 0.717) is 5.75 Å². The number of amides is 2. The predicted molar refractivity (Wildman–Crippen MR) is 85.6 cm³/mol. The molecule has 1 fully saturated rings. The molecule has 0 radical (unpaired) electrons. The fraction of sp³-hybridized carbons (Fsp3) is 0.250. The second-order valence-corrected chi connectivity index (χ2v) is 6.84. The first-order valence-electron chi connectivity index (χ1n) is 6.56. The minimum absolute atomic E-state index is 0.0866. The number of carboxylic acid groups (broad SMARTS) is 1. The van der Waals surface area contributed by atoms with Crippen LogP contribution in [0.25, 0.3) is 0 Å². The van der Waals surface area contributed by atoms with Crippen LogP contribution in [-0.4, -0.2) is 60.9 Å². The van der Waals surface area contributed by atoms with Gasteiger partial charge in [0.2, 0.25) is 0 Å². The zero-order valence-corrected chi connectivity index (χ0v) is 13.5. The maximum Gasteiger partial charge on any atom is 0.352 e. The Kier molecular flexibility index (Phi) is 4.15. The van der Waals surface area contributed by atoms with Gasteiger partial charge in [0, 0.05) is 11.1 Å². The Hall–Kier alpha value is -2.60. The average Bonchev–Trinajstić information content (AvgIpc) is 2.98. The van der Waals surface area contributed by atoms with Crippen molar-refractivity contribution in [2.75, 3.05) is 11.5 Å². The van der Waals surface area contributed by atoms with Gasteiger partial charge >= 0.3 is 5.97 Å². The van der Waals surface area contributed by atoms with Crippen molar-refractivity contribution in [1.82, 2.24) is 15.2 Å². The normalized spacial score (nSPS) is 23.2. The fourth-order valence-corrected chi connectivity index (χ4v) is 4.10. The number of β-lactam (4-membered cyclic amide) rings is 1. The van der Waals surface area contributed by atoms with Crippen LogP contribution in [0.15, 0.2) is 22.3 Å². The number of nitrogens with zero attached hydrogens (tertiary/aromatic N) is 3. The molecule has 2 aliphatic heterocycles. The van der Waals surface area contributed by atoms with E-state index < -0.39 is 29.2 Å². The van der Waals surface area contributed by atoms with Crippen LogP contribution in [0.2, 0.25) is 0 Å². The Balaban J connectivity index is 1.73. The molecule has 1 aromatic rings. The summed E-state index contributed by atoms with van der Waals surface area (Å²) in [4.78, 5) is 40.5. The number of nitrogens with two attached hydrogens (primary N) is 1. The maximum absolute atomic E-state index is 12.2. The van der Waals surface area contributed by atoms with E-state index in [-0.39, 0.29) is 22.2 Å². The highest BCUT2D eigenvalue weighted by atomic mass is 32.2. The second kappa shape index (κ2) is 6.13. The highest BCUT2D eigenvalue weighted by Crippen LogP contribution is 2.37. The largest absolute Gasteiger partial charge is 0.477 e. The molecule has 12 heteroatoms. The Labute approximate surface area is 143 Å². The van der Waals surface area contributed by atoms with Gasteiger partial charge in [-0.25, -0.2) is 9.78 Å². The van der Waals surface area contributed by atoms with Gasteiger partial charge in [-0.05, 0) is 6.08 Å². The molecule has 0 aromatic carbocycles. The number of rotatable bonds is 4. The highest BCUT2D eigenvalue weighted by molar-refractivity contribution is 8.00. The van der Waals surface area contributed by atoms with Crippen LogP contribution in [-0.2, 0) is 14.4 Å². The molecule has 2 atom stereocenters. The molecule has 2 amide bonds. The number of nitrogen functional groups attached to an aromatic ring is 1. The average molecular weight is 369 g/mol. The summed E-state index contributed by atoms with van der Waals surface area (Å²) < 4.78 is 0. The number of nitrogens with one attached hydrogen (secondary N) is 1. The SMILES string of the molecule is Nc1nc(/C(=N/O)C(=O)NC2C(=O)N3C(C(=O)O)=CCSC23)cs1. The zero-order valence-electron chi connectivity index (χ0n) is 11.9. The molecule has 5 N–H and O–H groups in total. The van der Waals surface area contributed by atoms with Gasteiger partial charge in [-0.1, -0.05) is 5.16 Å². The Morgan fingerprint density at radius 3 is 2.83 bits per heavy atom. The lowest BCUT2D eigenvalue weighted by Gasteiger charge is -2.48. The van der Waals surface area contributed by atoms with Crippen LogP contribution in [0.3, 0.4) is 0 Å². The number of oxime groups is 1. The van der Waals surface area contributed by atoms with Crippen molar-refractivity contribution in [3.8, 4) is 0 Å². The number of anilines is 1. The number of aromatic nitrogens is 1. The van der Waals surface area contributed by atoms with E-state index in [1.807, 2.05) is 0 Å². The first-order chi connectivity index (χ1) is 11.4. The van der Waals surface area contributed by atoms with Gasteiger partial charge < -0.3 is 21.4 Å². The topological polar surface area (TPSA) is 158 Å². The lowest BCUT2D eigenvalue weighted by molar-refractivity contribution is -0.150. The Bertz CT molecular complexity index is 789. The summed E-state index contributed by atoms with van der Waals surface area (Å²) in [5.74, 6) is -2.13. The predicted octanol–water partition coefficient (Wildman–Crippen LogP) is -0.728. The summed E-state index contributed by atoms with van der Waals surface area (Å²) in [5, 5.41) is 24.6. The molecule has 0 saturated carbocycles.